The second-order valence-electron chi connectivity index (χ2n) is 5.21. The van der Waals surface area contributed by atoms with E-state index in [-0.39, 0.29) is 0 Å². The first-order valence-electron chi connectivity index (χ1n) is 6.98. The van der Waals surface area contributed by atoms with Gasteiger partial charge in [-0.1, -0.05) is 57.5 Å². The number of amidine groups is 1. The molecule has 1 heterocycles. The van der Waals surface area contributed by atoms with Crippen molar-refractivity contribution in [3.8, 4) is 0 Å². The van der Waals surface area contributed by atoms with Crippen LogP contribution in [0.2, 0.25) is 0 Å². The lowest BCUT2D eigenvalue weighted by atomic mass is 10.1. The van der Waals surface area contributed by atoms with E-state index < -0.39 is 0 Å². The summed E-state index contributed by atoms with van der Waals surface area (Å²) in [5, 5.41) is 4.95. The molecule has 1 N–H and O–H groups in total. The molecule has 2 nitrogen and oxygen atoms in total. The van der Waals surface area contributed by atoms with E-state index in [9.17, 15) is 0 Å². The van der Waals surface area contributed by atoms with Crippen LogP contribution in [0.5, 0.6) is 0 Å². The molecule has 1 aliphatic heterocycles. The van der Waals surface area contributed by atoms with Crippen LogP contribution in [0.3, 0.4) is 0 Å². The fourth-order valence-electron chi connectivity index (χ4n) is 2.24. The van der Waals surface area contributed by atoms with Crippen molar-refractivity contribution in [2.45, 2.75) is 18.6 Å². The van der Waals surface area contributed by atoms with E-state index in [0.717, 1.165) is 28.3 Å². The average molecular weight is 361 g/mol. The maximum Gasteiger partial charge on any atom is 0.161 e. The highest BCUT2D eigenvalue weighted by Crippen LogP contribution is 2.26. The third kappa shape index (κ3) is 4.11. The largest absolute Gasteiger partial charge is 0.335 e. The van der Waals surface area contributed by atoms with E-state index in [0.29, 0.717) is 5.25 Å². The van der Waals surface area contributed by atoms with Gasteiger partial charge < -0.3 is 5.32 Å². The summed E-state index contributed by atoms with van der Waals surface area (Å²) >= 11 is 5.31. The number of nitrogens with one attached hydrogen (secondary N) is 1. The lowest BCUT2D eigenvalue weighted by Gasteiger charge is -2.09. The first kappa shape index (κ1) is 14.7. The van der Waals surface area contributed by atoms with Gasteiger partial charge in [0.25, 0.3) is 0 Å². The number of aryl methyl sites for hydroxylation is 1. The molecule has 0 unspecified atom stereocenters. The molecule has 21 heavy (non-hydrogen) atoms. The van der Waals surface area contributed by atoms with Crippen molar-refractivity contribution in [3.63, 3.8) is 0 Å². The smallest absolute Gasteiger partial charge is 0.161 e. The summed E-state index contributed by atoms with van der Waals surface area (Å²) in [6.45, 7) is 2.98. The van der Waals surface area contributed by atoms with Gasteiger partial charge in [0.05, 0.1) is 6.54 Å². The molecule has 0 saturated carbocycles. The number of halogens is 1. The van der Waals surface area contributed by atoms with Crippen molar-refractivity contribution >= 4 is 38.5 Å². The van der Waals surface area contributed by atoms with Crippen LogP contribution in [-0.4, -0.2) is 17.0 Å². The molecule has 0 amide bonds. The first-order chi connectivity index (χ1) is 10.2. The average Bonchev–Trinajstić information content (AvgIpc) is 2.91. The normalized spacial score (nSPS) is 17.6. The second kappa shape index (κ2) is 6.67. The number of rotatable bonds is 3. The second-order valence-corrected chi connectivity index (χ2v) is 7.41. The summed E-state index contributed by atoms with van der Waals surface area (Å²) < 4.78 is 1.13. The summed E-state index contributed by atoms with van der Waals surface area (Å²) in [6, 6.07) is 17.0. The molecule has 1 atom stereocenters. The Hall–Kier alpha value is -1.26. The molecule has 4 heteroatoms. The fourth-order valence-corrected chi connectivity index (χ4v) is 3.57. The summed E-state index contributed by atoms with van der Waals surface area (Å²) in [5.41, 5.74) is 3.74. The van der Waals surface area contributed by atoms with Crippen LogP contribution in [0, 0.1) is 6.92 Å². The molecular weight excluding hydrogens is 344 g/mol. The predicted molar refractivity (Wildman–Crippen MR) is 96.3 cm³/mol. The molecule has 0 saturated heterocycles. The van der Waals surface area contributed by atoms with Gasteiger partial charge in [0.15, 0.2) is 5.17 Å². The third-order valence-corrected chi connectivity index (χ3v) is 5.03. The molecule has 3 rings (SSSR count). The van der Waals surface area contributed by atoms with E-state index in [4.69, 9.17) is 0 Å². The van der Waals surface area contributed by atoms with Crippen molar-refractivity contribution in [2.75, 3.05) is 11.9 Å². The number of anilines is 1. The monoisotopic (exact) mass is 360 g/mol. The minimum Gasteiger partial charge on any atom is -0.335 e. The zero-order chi connectivity index (χ0) is 14.7. The Kier molecular flexibility index (Phi) is 4.66. The van der Waals surface area contributed by atoms with Crippen LogP contribution in [0.4, 0.5) is 5.69 Å². The van der Waals surface area contributed by atoms with Crippen molar-refractivity contribution < 1.29 is 0 Å². The summed E-state index contributed by atoms with van der Waals surface area (Å²) in [5.74, 6) is 0. The van der Waals surface area contributed by atoms with Crippen LogP contribution >= 0.6 is 27.7 Å². The van der Waals surface area contributed by atoms with Crippen molar-refractivity contribution in [1.82, 2.24) is 0 Å². The van der Waals surface area contributed by atoms with Gasteiger partial charge in [-0.3, -0.25) is 4.99 Å². The Morgan fingerprint density at radius 1 is 1.14 bits per heavy atom. The molecule has 1 aliphatic rings. The number of aliphatic imine (C=N–C) groups is 1. The van der Waals surface area contributed by atoms with Gasteiger partial charge in [0.1, 0.15) is 0 Å². The van der Waals surface area contributed by atoms with E-state index in [2.05, 4.69) is 81.7 Å². The van der Waals surface area contributed by atoms with Crippen molar-refractivity contribution in [2.24, 2.45) is 4.99 Å². The fraction of sp³-hybridized carbons (Fsp3) is 0.235. The molecule has 0 spiro atoms. The van der Waals surface area contributed by atoms with Gasteiger partial charge in [0.2, 0.25) is 0 Å². The summed E-state index contributed by atoms with van der Waals surface area (Å²) in [6.07, 6.45) is 1.06. The van der Waals surface area contributed by atoms with E-state index in [1.807, 2.05) is 11.8 Å². The third-order valence-electron chi connectivity index (χ3n) is 3.40. The van der Waals surface area contributed by atoms with Gasteiger partial charge >= 0.3 is 0 Å². The zero-order valence-corrected chi connectivity index (χ0v) is 14.2. The van der Waals surface area contributed by atoms with Crippen molar-refractivity contribution in [1.29, 1.82) is 0 Å². The highest BCUT2D eigenvalue weighted by atomic mass is 79.9. The maximum atomic E-state index is 4.61. The van der Waals surface area contributed by atoms with Crippen LogP contribution in [0.25, 0.3) is 0 Å². The number of thioether (sulfide) groups is 1. The van der Waals surface area contributed by atoms with Gasteiger partial charge in [-0.2, -0.15) is 0 Å². The summed E-state index contributed by atoms with van der Waals surface area (Å²) in [4.78, 5) is 4.61. The highest BCUT2D eigenvalue weighted by molar-refractivity contribution is 9.10. The van der Waals surface area contributed by atoms with Crippen molar-refractivity contribution in [3.05, 3.63) is 64.1 Å². The van der Waals surface area contributed by atoms with Crippen LogP contribution < -0.4 is 5.32 Å². The molecule has 0 radical (unpaired) electrons. The minimum absolute atomic E-state index is 0.527. The molecule has 2 aromatic carbocycles. The lowest BCUT2D eigenvalue weighted by molar-refractivity contribution is 0.870. The quantitative estimate of drug-likeness (QED) is 0.842. The van der Waals surface area contributed by atoms with Gasteiger partial charge in [-0.15, -0.1) is 0 Å². The van der Waals surface area contributed by atoms with Crippen LogP contribution in [0.15, 0.2) is 58.0 Å². The maximum absolute atomic E-state index is 4.61. The van der Waals surface area contributed by atoms with Gasteiger partial charge in [-0.05, 0) is 43.2 Å². The molecule has 0 aliphatic carbocycles. The van der Waals surface area contributed by atoms with Crippen LogP contribution in [-0.2, 0) is 6.42 Å². The number of nitrogens with zero attached hydrogens (tertiary/aromatic N) is 1. The lowest BCUT2D eigenvalue weighted by Crippen LogP contribution is -2.10. The summed E-state index contributed by atoms with van der Waals surface area (Å²) in [7, 11) is 0. The van der Waals surface area contributed by atoms with E-state index in [1.54, 1.807) is 0 Å². The van der Waals surface area contributed by atoms with Crippen LogP contribution in [0.1, 0.15) is 11.1 Å². The SMILES string of the molecule is Cc1ccc(NC2=NC[C@@H](Cc3ccc(Br)cc3)S2)cc1. The molecule has 2 aromatic rings. The topological polar surface area (TPSA) is 24.4 Å². The van der Waals surface area contributed by atoms with E-state index >= 15 is 0 Å². The Morgan fingerprint density at radius 3 is 2.57 bits per heavy atom. The number of hydrogen-bond donors (Lipinski definition) is 1. The zero-order valence-electron chi connectivity index (χ0n) is 11.8. The Bertz CT molecular complexity index is 635. The Labute approximate surface area is 138 Å². The molecule has 0 aromatic heterocycles. The molecule has 108 valence electrons. The number of benzene rings is 2. The van der Waals surface area contributed by atoms with Gasteiger partial charge in [-0.25, -0.2) is 0 Å². The minimum atomic E-state index is 0.527. The van der Waals surface area contributed by atoms with Gasteiger partial charge in [0, 0.05) is 15.4 Å². The standard InChI is InChI=1S/C17H17BrN2S/c1-12-2-8-15(9-3-12)20-17-19-11-16(21-17)10-13-4-6-14(18)7-5-13/h2-9,16H,10-11H2,1H3,(H,19,20)/t16-/m1/s1. The number of hydrogen-bond acceptors (Lipinski definition) is 3. The van der Waals surface area contributed by atoms with E-state index in [1.165, 1.54) is 11.1 Å². The molecular formula is C17H17BrN2S. The molecule has 0 bridgehead atoms. The Morgan fingerprint density at radius 2 is 1.86 bits per heavy atom. The first-order valence-corrected chi connectivity index (χ1v) is 8.65. The molecule has 0 fully saturated rings. The Balaban J connectivity index is 1.55. The predicted octanol–water partition coefficient (Wildman–Crippen LogP) is 4.88. The highest BCUT2D eigenvalue weighted by Gasteiger charge is 2.20.